The molecule has 0 radical (unpaired) electrons. The number of rotatable bonds is 5. The van der Waals surface area contributed by atoms with Crippen LogP contribution in [0.1, 0.15) is 23.0 Å². The number of carbonyl (C=O) groups excluding carboxylic acids is 2. The van der Waals surface area contributed by atoms with Crippen LogP contribution in [0.25, 0.3) is 0 Å². The van der Waals surface area contributed by atoms with Gasteiger partial charge in [0.05, 0.1) is 6.20 Å². The predicted octanol–water partition coefficient (Wildman–Crippen LogP) is 2.19. The Labute approximate surface area is 140 Å². The summed E-state index contributed by atoms with van der Waals surface area (Å²) in [6.07, 6.45) is 1.37. The molecule has 0 bridgehead atoms. The van der Waals surface area contributed by atoms with Crippen LogP contribution in [-0.4, -0.2) is 23.5 Å². The van der Waals surface area contributed by atoms with E-state index in [0.717, 1.165) is 0 Å². The van der Waals surface area contributed by atoms with E-state index in [9.17, 15) is 9.59 Å². The Kier molecular flexibility index (Phi) is 6.74. The average Bonchev–Trinajstić information content (AvgIpc) is 2.94. The maximum atomic E-state index is 12.0. The number of benzene rings is 1. The second-order valence-corrected chi connectivity index (χ2v) is 4.95. The van der Waals surface area contributed by atoms with Crippen LogP contribution in [0.2, 0.25) is 0 Å². The fourth-order valence-electron chi connectivity index (χ4n) is 1.72. The Hall–Kier alpha value is -2.38. The fraction of sp³-hybridized carbons (Fsp3) is 0.267. The predicted molar refractivity (Wildman–Crippen MR) is 89.7 cm³/mol. The van der Waals surface area contributed by atoms with Gasteiger partial charge in [-0.25, -0.2) is 0 Å². The van der Waals surface area contributed by atoms with Crippen molar-refractivity contribution < 1.29 is 14.1 Å². The third-order valence-electron chi connectivity index (χ3n) is 3.21. The molecule has 1 unspecified atom stereocenters. The van der Waals surface area contributed by atoms with Gasteiger partial charge in [-0.2, -0.15) is 0 Å². The first kappa shape index (κ1) is 18.7. The third-order valence-corrected chi connectivity index (χ3v) is 3.21. The van der Waals surface area contributed by atoms with Crippen LogP contribution in [0, 0.1) is 12.8 Å². The molecule has 124 valence electrons. The Morgan fingerprint density at radius 1 is 1.22 bits per heavy atom. The van der Waals surface area contributed by atoms with Crippen LogP contribution in [0.15, 0.2) is 35.0 Å². The minimum Gasteiger partial charge on any atom is -0.361 e. The van der Waals surface area contributed by atoms with Gasteiger partial charge in [0.25, 0.3) is 5.91 Å². The van der Waals surface area contributed by atoms with Gasteiger partial charge in [0.1, 0.15) is 11.3 Å². The molecule has 1 heterocycles. The van der Waals surface area contributed by atoms with E-state index < -0.39 is 0 Å². The first-order valence-electron chi connectivity index (χ1n) is 6.85. The molecule has 0 saturated heterocycles. The zero-order valence-electron chi connectivity index (χ0n) is 12.8. The molecule has 4 N–H and O–H groups in total. The Bertz CT molecular complexity index is 670. The molecule has 0 spiro atoms. The quantitative estimate of drug-likeness (QED) is 0.774. The van der Waals surface area contributed by atoms with Crippen LogP contribution in [0.4, 0.5) is 11.4 Å². The van der Waals surface area contributed by atoms with Gasteiger partial charge in [-0.05, 0) is 31.2 Å². The summed E-state index contributed by atoms with van der Waals surface area (Å²) in [6, 6.07) is 6.81. The normalized spacial score (nSPS) is 11.3. The maximum absolute atomic E-state index is 12.0. The van der Waals surface area contributed by atoms with Gasteiger partial charge in [0.15, 0.2) is 0 Å². The number of nitrogens with zero attached hydrogens (tertiary/aromatic N) is 1. The molecule has 0 aliphatic carbocycles. The largest absolute Gasteiger partial charge is 0.361 e. The molecule has 0 aliphatic rings. The lowest BCUT2D eigenvalue weighted by Crippen LogP contribution is -2.26. The highest BCUT2D eigenvalue weighted by molar-refractivity contribution is 6.04. The average molecular weight is 339 g/mol. The molecule has 23 heavy (non-hydrogen) atoms. The number of nitrogens with two attached hydrogens (primary N) is 1. The molecule has 0 fully saturated rings. The standard InChI is InChI=1S/C15H18N4O3.ClH/c1-9(7-16)14(20)18-11-3-5-12(6-4-11)19-15(21)13-8-17-22-10(13)2;/h3-6,8-9H,7,16H2,1-2H3,(H,18,20)(H,19,21);1H. The lowest BCUT2D eigenvalue weighted by atomic mass is 10.1. The van der Waals surface area contributed by atoms with Gasteiger partial charge >= 0.3 is 0 Å². The summed E-state index contributed by atoms with van der Waals surface area (Å²) in [7, 11) is 0. The van der Waals surface area contributed by atoms with Crippen LogP contribution in [0.5, 0.6) is 0 Å². The first-order chi connectivity index (χ1) is 10.5. The third kappa shape index (κ3) is 4.80. The molecule has 7 nitrogen and oxygen atoms in total. The second kappa shape index (κ2) is 8.30. The summed E-state index contributed by atoms with van der Waals surface area (Å²) >= 11 is 0. The van der Waals surface area contributed by atoms with E-state index >= 15 is 0 Å². The number of anilines is 2. The highest BCUT2D eigenvalue weighted by Crippen LogP contribution is 2.16. The van der Waals surface area contributed by atoms with Crippen molar-refractivity contribution in [2.75, 3.05) is 17.2 Å². The first-order valence-corrected chi connectivity index (χ1v) is 6.85. The number of hydrogen-bond acceptors (Lipinski definition) is 5. The van der Waals surface area contributed by atoms with E-state index in [1.165, 1.54) is 6.20 Å². The molecule has 0 saturated carbocycles. The van der Waals surface area contributed by atoms with Crippen molar-refractivity contribution >= 4 is 35.6 Å². The van der Waals surface area contributed by atoms with Gasteiger partial charge in [-0.1, -0.05) is 12.1 Å². The Balaban J connectivity index is 0.00000264. The molecule has 1 aromatic carbocycles. The lowest BCUT2D eigenvalue weighted by molar-refractivity contribution is -0.119. The van der Waals surface area contributed by atoms with Crippen molar-refractivity contribution in [3.63, 3.8) is 0 Å². The van der Waals surface area contributed by atoms with Crippen molar-refractivity contribution in [2.45, 2.75) is 13.8 Å². The molecule has 1 atom stereocenters. The van der Waals surface area contributed by atoms with E-state index in [4.69, 9.17) is 10.3 Å². The highest BCUT2D eigenvalue weighted by atomic mass is 35.5. The van der Waals surface area contributed by atoms with Gasteiger partial charge < -0.3 is 20.9 Å². The molecule has 2 rings (SSSR count). The number of halogens is 1. The van der Waals surface area contributed by atoms with Gasteiger partial charge in [0.2, 0.25) is 5.91 Å². The second-order valence-electron chi connectivity index (χ2n) is 4.95. The molecule has 2 aromatic rings. The van der Waals surface area contributed by atoms with Crippen LogP contribution in [-0.2, 0) is 4.79 Å². The summed E-state index contributed by atoms with van der Waals surface area (Å²) < 4.78 is 4.85. The molecular formula is C15H19ClN4O3. The summed E-state index contributed by atoms with van der Waals surface area (Å²) in [4.78, 5) is 23.7. The van der Waals surface area contributed by atoms with Crippen molar-refractivity contribution in [2.24, 2.45) is 11.7 Å². The van der Waals surface area contributed by atoms with Gasteiger partial charge in [-0.15, -0.1) is 12.4 Å². The Morgan fingerprint density at radius 2 is 1.78 bits per heavy atom. The summed E-state index contributed by atoms with van der Waals surface area (Å²) in [5.41, 5.74) is 7.08. The van der Waals surface area contributed by atoms with Crippen molar-refractivity contribution in [1.82, 2.24) is 5.16 Å². The fourth-order valence-corrected chi connectivity index (χ4v) is 1.72. The lowest BCUT2D eigenvalue weighted by Gasteiger charge is -2.10. The topological polar surface area (TPSA) is 110 Å². The summed E-state index contributed by atoms with van der Waals surface area (Å²) in [5, 5.41) is 9.04. The summed E-state index contributed by atoms with van der Waals surface area (Å²) in [6.45, 7) is 3.71. The minimum absolute atomic E-state index is 0. The number of amides is 2. The van der Waals surface area contributed by atoms with E-state index in [1.54, 1.807) is 38.1 Å². The van der Waals surface area contributed by atoms with Crippen molar-refractivity contribution in [1.29, 1.82) is 0 Å². The zero-order chi connectivity index (χ0) is 16.1. The van der Waals surface area contributed by atoms with E-state index in [2.05, 4.69) is 15.8 Å². The number of aryl methyl sites for hydroxylation is 1. The SMILES string of the molecule is Cc1oncc1C(=O)Nc1ccc(NC(=O)C(C)CN)cc1.Cl. The minimum atomic E-state index is -0.299. The summed E-state index contributed by atoms with van der Waals surface area (Å²) in [5.74, 6) is -0.236. The van der Waals surface area contributed by atoms with Crippen molar-refractivity contribution in [3.8, 4) is 0 Å². The molecular weight excluding hydrogens is 320 g/mol. The maximum Gasteiger partial charge on any atom is 0.260 e. The van der Waals surface area contributed by atoms with Crippen molar-refractivity contribution in [3.05, 3.63) is 41.8 Å². The zero-order valence-corrected chi connectivity index (χ0v) is 13.6. The number of nitrogens with one attached hydrogen (secondary N) is 2. The molecule has 1 aromatic heterocycles. The van der Waals surface area contributed by atoms with Crippen LogP contribution >= 0.6 is 12.4 Å². The van der Waals surface area contributed by atoms with Gasteiger partial charge in [-0.3, -0.25) is 9.59 Å². The number of carbonyl (C=O) groups is 2. The highest BCUT2D eigenvalue weighted by Gasteiger charge is 2.13. The smallest absolute Gasteiger partial charge is 0.260 e. The monoisotopic (exact) mass is 338 g/mol. The Morgan fingerprint density at radius 3 is 2.26 bits per heavy atom. The number of hydrogen-bond donors (Lipinski definition) is 3. The van der Waals surface area contributed by atoms with Crippen LogP contribution in [0.3, 0.4) is 0 Å². The van der Waals surface area contributed by atoms with E-state index in [-0.39, 0.29) is 36.7 Å². The molecule has 0 aliphatic heterocycles. The number of aromatic nitrogens is 1. The van der Waals surface area contributed by atoms with Crippen LogP contribution < -0.4 is 16.4 Å². The molecule has 2 amide bonds. The van der Waals surface area contributed by atoms with Gasteiger partial charge in [0, 0.05) is 23.8 Å². The van der Waals surface area contributed by atoms with E-state index in [0.29, 0.717) is 22.7 Å². The molecule has 8 heteroatoms. The van der Waals surface area contributed by atoms with E-state index in [1.807, 2.05) is 0 Å².